The van der Waals surface area contributed by atoms with Crippen molar-refractivity contribution >= 4 is 19.7 Å². The molecule has 0 fully saturated rings. The molecular formula is C10H13ClO5S. The molecule has 0 spiro atoms. The minimum Gasteiger partial charge on any atom is -0.496 e. The molecule has 0 heterocycles. The molecule has 17 heavy (non-hydrogen) atoms. The Morgan fingerprint density at radius 1 is 1.06 bits per heavy atom. The molecule has 1 aromatic carbocycles. The van der Waals surface area contributed by atoms with E-state index in [9.17, 15) is 8.42 Å². The zero-order valence-electron chi connectivity index (χ0n) is 9.47. The van der Waals surface area contributed by atoms with E-state index < -0.39 is 9.05 Å². The molecule has 0 aliphatic rings. The van der Waals surface area contributed by atoms with Crippen LogP contribution in [0.1, 0.15) is 0 Å². The summed E-state index contributed by atoms with van der Waals surface area (Å²) < 4.78 is 36.7. The number of halogens is 1. The Hall–Kier alpha value is -1.14. The van der Waals surface area contributed by atoms with Crippen LogP contribution in [0.25, 0.3) is 0 Å². The molecule has 0 aliphatic heterocycles. The summed E-state index contributed by atoms with van der Waals surface area (Å²) in [5.74, 6) is 1.33. The highest BCUT2D eigenvalue weighted by Crippen LogP contribution is 2.27. The monoisotopic (exact) mass is 280 g/mol. The lowest BCUT2D eigenvalue weighted by Crippen LogP contribution is -2.08. The first-order valence-corrected chi connectivity index (χ1v) is 7.20. The van der Waals surface area contributed by atoms with Crippen molar-refractivity contribution in [3.05, 3.63) is 18.2 Å². The van der Waals surface area contributed by atoms with E-state index in [1.54, 1.807) is 18.2 Å². The largest absolute Gasteiger partial charge is 0.496 e. The first-order chi connectivity index (χ1) is 7.94. The van der Waals surface area contributed by atoms with E-state index in [4.69, 9.17) is 24.9 Å². The van der Waals surface area contributed by atoms with E-state index in [1.807, 2.05) is 0 Å². The van der Waals surface area contributed by atoms with Crippen LogP contribution in [0.5, 0.6) is 17.2 Å². The van der Waals surface area contributed by atoms with Crippen molar-refractivity contribution in [1.29, 1.82) is 0 Å². The molecule has 0 saturated carbocycles. The average molecular weight is 281 g/mol. The van der Waals surface area contributed by atoms with Crippen LogP contribution < -0.4 is 14.2 Å². The molecule has 1 aromatic rings. The second kappa shape index (κ2) is 5.97. The molecule has 96 valence electrons. The molecule has 0 aromatic heterocycles. The summed E-state index contributed by atoms with van der Waals surface area (Å²) in [6.07, 6.45) is 0. The number of hydrogen-bond acceptors (Lipinski definition) is 5. The predicted molar refractivity (Wildman–Crippen MR) is 64.7 cm³/mol. The first-order valence-electron chi connectivity index (χ1n) is 4.73. The van der Waals surface area contributed by atoms with E-state index in [0.29, 0.717) is 17.2 Å². The summed E-state index contributed by atoms with van der Waals surface area (Å²) >= 11 is 0. The molecule has 0 unspecified atom stereocenters. The van der Waals surface area contributed by atoms with E-state index in [2.05, 4.69) is 0 Å². The van der Waals surface area contributed by atoms with Gasteiger partial charge < -0.3 is 14.2 Å². The van der Waals surface area contributed by atoms with Crippen molar-refractivity contribution in [1.82, 2.24) is 0 Å². The van der Waals surface area contributed by atoms with Crippen molar-refractivity contribution in [2.45, 2.75) is 0 Å². The smallest absolute Gasteiger partial charge is 0.235 e. The SMILES string of the molecule is COc1cc(OC)cc(OCCS(=O)(=O)Cl)c1. The average Bonchev–Trinajstić information content (AvgIpc) is 2.26. The maximum atomic E-state index is 10.7. The molecule has 0 aliphatic carbocycles. The standard InChI is InChI=1S/C10H13ClO5S/c1-14-8-5-9(15-2)7-10(6-8)16-3-4-17(11,12)13/h5-7H,3-4H2,1-2H3. The van der Waals surface area contributed by atoms with Gasteiger partial charge in [-0.25, -0.2) is 8.42 Å². The molecule has 1 rings (SSSR count). The zero-order chi connectivity index (χ0) is 12.9. The van der Waals surface area contributed by atoms with Crippen molar-refractivity contribution < 1.29 is 22.6 Å². The van der Waals surface area contributed by atoms with E-state index in [0.717, 1.165) is 0 Å². The summed E-state index contributed by atoms with van der Waals surface area (Å²) in [6, 6.07) is 4.94. The Labute approximate surface area is 105 Å². The van der Waals surface area contributed by atoms with Gasteiger partial charge >= 0.3 is 0 Å². The van der Waals surface area contributed by atoms with E-state index in [-0.39, 0.29) is 12.4 Å². The number of benzene rings is 1. The van der Waals surface area contributed by atoms with Gasteiger partial charge in [-0.05, 0) is 0 Å². The maximum Gasteiger partial charge on any atom is 0.235 e. The normalized spacial score (nSPS) is 11.0. The summed E-state index contributed by atoms with van der Waals surface area (Å²) in [7, 11) is 4.55. The van der Waals surface area contributed by atoms with Gasteiger partial charge in [-0.3, -0.25) is 0 Å². The van der Waals surface area contributed by atoms with Crippen LogP contribution >= 0.6 is 10.7 Å². The lowest BCUT2D eigenvalue weighted by Gasteiger charge is -2.09. The zero-order valence-corrected chi connectivity index (χ0v) is 11.0. The quantitative estimate of drug-likeness (QED) is 0.742. The van der Waals surface area contributed by atoms with Gasteiger partial charge in [0.2, 0.25) is 9.05 Å². The molecule has 7 heteroatoms. The fourth-order valence-electron chi connectivity index (χ4n) is 1.12. The third-order valence-electron chi connectivity index (χ3n) is 1.92. The van der Waals surface area contributed by atoms with Gasteiger partial charge in [0, 0.05) is 28.9 Å². The fraction of sp³-hybridized carbons (Fsp3) is 0.400. The molecule has 0 N–H and O–H groups in total. The van der Waals surface area contributed by atoms with Gasteiger partial charge in [-0.15, -0.1) is 0 Å². The van der Waals surface area contributed by atoms with E-state index in [1.165, 1.54) is 14.2 Å². The highest BCUT2D eigenvalue weighted by atomic mass is 35.7. The number of hydrogen-bond donors (Lipinski definition) is 0. The minimum absolute atomic E-state index is 0.0256. The van der Waals surface area contributed by atoms with Crippen LogP contribution in [0.3, 0.4) is 0 Å². The van der Waals surface area contributed by atoms with E-state index >= 15 is 0 Å². The Balaban J connectivity index is 2.70. The summed E-state index contributed by atoms with van der Waals surface area (Å²) in [5.41, 5.74) is 0. The second-order valence-electron chi connectivity index (χ2n) is 3.14. The van der Waals surface area contributed by atoms with Crippen molar-refractivity contribution in [3.8, 4) is 17.2 Å². The first kappa shape index (κ1) is 13.9. The molecule has 0 bridgehead atoms. The van der Waals surface area contributed by atoms with Crippen LogP contribution in [0, 0.1) is 0 Å². The van der Waals surface area contributed by atoms with Gasteiger partial charge in [-0.1, -0.05) is 0 Å². The van der Waals surface area contributed by atoms with Gasteiger partial charge in [0.1, 0.15) is 23.9 Å². The van der Waals surface area contributed by atoms with Gasteiger partial charge in [0.25, 0.3) is 0 Å². The number of ether oxygens (including phenoxy) is 3. The third kappa shape index (κ3) is 5.14. The molecule has 0 radical (unpaired) electrons. The van der Waals surface area contributed by atoms with Gasteiger partial charge in [-0.2, -0.15) is 0 Å². The Bertz CT molecular complexity index is 449. The third-order valence-corrected chi connectivity index (χ3v) is 3.04. The van der Waals surface area contributed by atoms with Gasteiger partial charge in [0.15, 0.2) is 0 Å². The van der Waals surface area contributed by atoms with Crippen LogP contribution in [-0.4, -0.2) is 35.0 Å². The summed E-state index contributed by atoms with van der Waals surface area (Å²) in [5, 5.41) is 0. The van der Waals surface area contributed by atoms with Crippen molar-refractivity contribution in [3.63, 3.8) is 0 Å². The van der Waals surface area contributed by atoms with Crippen LogP contribution in [-0.2, 0) is 9.05 Å². The number of methoxy groups -OCH3 is 2. The summed E-state index contributed by atoms with van der Waals surface area (Å²) in [4.78, 5) is 0. The van der Waals surface area contributed by atoms with Crippen molar-refractivity contribution in [2.24, 2.45) is 0 Å². The molecule has 0 saturated heterocycles. The lowest BCUT2D eigenvalue weighted by atomic mass is 10.3. The second-order valence-corrected chi connectivity index (χ2v) is 6.04. The van der Waals surface area contributed by atoms with Crippen LogP contribution in [0.15, 0.2) is 18.2 Å². The Kier molecular flexibility index (Phi) is 4.89. The molecule has 0 atom stereocenters. The molecule has 0 amide bonds. The minimum atomic E-state index is -3.54. The Morgan fingerprint density at radius 3 is 1.94 bits per heavy atom. The Morgan fingerprint density at radius 2 is 1.53 bits per heavy atom. The maximum absolute atomic E-state index is 10.7. The molecular weight excluding hydrogens is 268 g/mol. The van der Waals surface area contributed by atoms with Crippen molar-refractivity contribution in [2.75, 3.05) is 26.6 Å². The fourth-order valence-corrected chi connectivity index (χ4v) is 1.60. The summed E-state index contributed by atoms with van der Waals surface area (Å²) in [6.45, 7) is -0.0256. The highest BCUT2D eigenvalue weighted by Gasteiger charge is 2.07. The lowest BCUT2D eigenvalue weighted by molar-refractivity contribution is 0.332. The van der Waals surface area contributed by atoms with Crippen LogP contribution in [0.2, 0.25) is 0 Å². The number of rotatable bonds is 6. The topological polar surface area (TPSA) is 61.8 Å². The molecule has 5 nitrogen and oxygen atoms in total. The van der Waals surface area contributed by atoms with Crippen LogP contribution in [0.4, 0.5) is 0 Å². The predicted octanol–water partition coefficient (Wildman–Crippen LogP) is 1.65. The highest BCUT2D eigenvalue weighted by molar-refractivity contribution is 8.13. The van der Waals surface area contributed by atoms with Gasteiger partial charge in [0.05, 0.1) is 20.0 Å².